The van der Waals surface area contributed by atoms with E-state index in [1.807, 2.05) is 31.2 Å². The summed E-state index contributed by atoms with van der Waals surface area (Å²) in [4.78, 5) is 30.5. The Bertz CT molecular complexity index is 1140. The maximum absolute atomic E-state index is 13.3. The fraction of sp³-hybridized carbons (Fsp3) is 0.379. The van der Waals surface area contributed by atoms with Gasteiger partial charge in [0.1, 0.15) is 23.9 Å². The summed E-state index contributed by atoms with van der Waals surface area (Å²) in [7, 11) is 0. The highest BCUT2D eigenvalue weighted by Gasteiger charge is 2.46. The molecule has 2 aliphatic rings. The van der Waals surface area contributed by atoms with Gasteiger partial charge in [0.15, 0.2) is 0 Å². The number of carbonyl (C=O) groups is 2. The van der Waals surface area contributed by atoms with Gasteiger partial charge in [-0.1, -0.05) is 30.9 Å². The second-order valence-corrected chi connectivity index (χ2v) is 8.89. The van der Waals surface area contributed by atoms with Crippen LogP contribution in [0.25, 0.3) is 5.76 Å². The molecule has 2 aromatic rings. The van der Waals surface area contributed by atoms with Crippen molar-refractivity contribution in [2.24, 2.45) is 0 Å². The van der Waals surface area contributed by atoms with Gasteiger partial charge < -0.3 is 24.2 Å². The molecule has 0 bridgehead atoms. The van der Waals surface area contributed by atoms with Gasteiger partial charge in [-0.15, -0.1) is 0 Å². The molecule has 1 unspecified atom stereocenters. The van der Waals surface area contributed by atoms with E-state index >= 15 is 0 Å². The van der Waals surface area contributed by atoms with E-state index < -0.39 is 17.7 Å². The van der Waals surface area contributed by atoms with Crippen molar-refractivity contribution in [3.05, 3.63) is 77.9 Å². The second-order valence-electron chi connectivity index (χ2n) is 8.89. The van der Waals surface area contributed by atoms with Crippen molar-refractivity contribution >= 4 is 17.4 Å². The lowest BCUT2D eigenvalue weighted by atomic mass is 9.94. The van der Waals surface area contributed by atoms with Crippen molar-refractivity contribution < 1.29 is 28.9 Å². The van der Waals surface area contributed by atoms with Crippen molar-refractivity contribution in [2.45, 2.75) is 19.4 Å². The SMILES string of the molecule is C=CCOc1ccc(/C(O)=C2\C(=O)C(=O)N(CCCN3CCOCC3)C2c2ccccc2OCC)cc1. The number of ether oxygens (including phenoxy) is 3. The molecular formula is C29H34N2O6. The summed E-state index contributed by atoms with van der Waals surface area (Å²) in [6.45, 7) is 10.6. The van der Waals surface area contributed by atoms with Gasteiger partial charge in [0.25, 0.3) is 11.7 Å². The van der Waals surface area contributed by atoms with E-state index in [-0.39, 0.29) is 11.3 Å². The summed E-state index contributed by atoms with van der Waals surface area (Å²) in [5, 5.41) is 11.3. The van der Waals surface area contributed by atoms with Crippen LogP contribution in [0.2, 0.25) is 0 Å². The normalized spacial score (nSPS) is 19.7. The van der Waals surface area contributed by atoms with E-state index in [2.05, 4.69) is 11.5 Å². The monoisotopic (exact) mass is 506 g/mol. The smallest absolute Gasteiger partial charge is 0.295 e. The number of likely N-dealkylation sites (tertiary alicyclic amines) is 1. The number of nitrogens with zero attached hydrogens (tertiary/aromatic N) is 2. The molecule has 8 nitrogen and oxygen atoms in total. The molecule has 0 spiro atoms. The lowest BCUT2D eigenvalue weighted by Crippen LogP contribution is -2.39. The largest absolute Gasteiger partial charge is 0.507 e. The molecule has 196 valence electrons. The molecule has 0 saturated carbocycles. The molecule has 8 heteroatoms. The standard InChI is InChI=1S/C29H34N2O6/c1-3-18-37-22-12-10-21(11-13-22)27(32)25-26(23-8-5-6-9-24(23)36-4-2)31(29(34)28(25)33)15-7-14-30-16-19-35-20-17-30/h3,5-6,8-13,26,32H,1,4,7,14-20H2,2H3/b27-25+. The van der Waals surface area contributed by atoms with E-state index in [1.54, 1.807) is 35.2 Å². The van der Waals surface area contributed by atoms with Crippen LogP contribution < -0.4 is 9.47 Å². The lowest BCUT2D eigenvalue weighted by molar-refractivity contribution is -0.140. The number of Topliss-reactive ketones (excluding diaryl/α,β-unsaturated/α-hetero) is 1. The molecule has 4 rings (SSSR count). The van der Waals surface area contributed by atoms with Crippen molar-refractivity contribution in [2.75, 3.05) is 52.6 Å². The summed E-state index contributed by atoms with van der Waals surface area (Å²) in [6, 6.07) is 13.4. The zero-order valence-corrected chi connectivity index (χ0v) is 21.2. The summed E-state index contributed by atoms with van der Waals surface area (Å²) in [5.74, 6) is -0.356. The van der Waals surface area contributed by atoms with E-state index in [1.165, 1.54) is 0 Å². The Morgan fingerprint density at radius 3 is 2.51 bits per heavy atom. The molecule has 0 radical (unpaired) electrons. The van der Waals surface area contributed by atoms with Crippen molar-refractivity contribution in [3.63, 3.8) is 0 Å². The van der Waals surface area contributed by atoms with Crippen LogP contribution in [0.15, 0.2) is 66.8 Å². The molecule has 1 atom stereocenters. The molecule has 1 amide bonds. The molecule has 2 fully saturated rings. The number of hydrogen-bond donors (Lipinski definition) is 1. The molecule has 37 heavy (non-hydrogen) atoms. The highest BCUT2D eigenvalue weighted by Crippen LogP contribution is 2.42. The Labute approximate surface area is 217 Å². The average molecular weight is 507 g/mol. The van der Waals surface area contributed by atoms with Gasteiger partial charge in [0, 0.05) is 37.3 Å². The minimum atomic E-state index is -0.760. The maximum atomic E-state index is 13.3. The van der Waals surface area contributed by atoms with Crippen molar-refractivity contribution in [1.82, 2.24) is 9.80 Å². The van der Waals surface area contributed by atoms with Crippen molar-refractivity contribution in [1.29, 1.82) is 0 Å². The number of ketones is 1. The van der Waals surface area contributed by atoms with Crippen LogP contribution in [0.4, 0.5) is 0 Å². The number of rotatable bonds is 11. The average Bonchev–Trinajstić information content (AvgIpc) is 3.18. The molecule has 1 N–H and O–H groups in total. The van der Waals surface area contributed by atoms with Gasteiger partial charge in [-0.3, -0.25) is 14.5 Å². The van der Waals surface area contributed by atoms with Crippen LogP contribution in [0.5, 0.6) is 11.5 Å². The van der Waals surface area contributed by atoms with Crippen LogP contribution in [0.3, 0.4) is 0 Å². The second kappa shape index (κ2) is 12.6. The number of aliphatic hydroxyl groups excluding tert-OH is 1. The summed E-state index contributed by atoms with van der Waals surface area (Å²) < 4.78 is 16.8. The Hall–Kier alpha value is -3.62. The third-order valence-corrected chi connectivity index (χ3v) is 6.53. The van der Waals surface area contributed by atoms with Gasteiger partial charge in [0.05, 0.1) is 31.4 Å². The summed E-state index contributed by atoms with van der Waals surface area (Å²) in [6.07, 6.45) is 2.33. The Morgan fingerprint density at radius 1 is 1.08 bits per heavy atom. The molecule has 2 aromatic carbocycles. The number of benzene rings is 2. The number of para-hydroxylation sites is 1. The number of amides is 1. The number of hydrogen-bond acceptors (Lipinski definition) is 7. The van der Waals surface area contributed by atoms with Gasteiger partial charge in [-0.05, 0) is 43.7 Å². The third-order valence-electron chi connectivity index (χ3n) is 6.53. The fourth-order valence-electron chi connectivity index (χ4n) is 4.74. The first-order chi connectivity index (χ1) is 18.0. The highest BCUT2D eigenvalue weighted by atomic mass is 16.5. The van der Waals surface area contributed by atoms with E-state index in [4.69, 9.17) is 14.2 Å². The summed E-state index contributed by atoms with van der Waals surface area (Å²) in [5.41, 5.74) is 1.15. The van der Waals surface area contributed by atoms with Gasteiger partial charge >= 0.3 is 0 Å². The number of morpholine rings is 1. The molecule has 0 aromatic heterocycles. The molecule has 2 aliphatic heterocycles. The minimum absolute atomic E-state index is 0.0586. The molecule has 2 saturated heterocycles. The predicted molar refractivity (Wildman–Crippen MR) is 141 cm³/mol. The minimum Gasteiger partial charge on any atom is -0.507 e. The van der Waals surface area contributed by atoms with E-state index in [9.17, 15) is 14.7 Å². The first kappa shape index (κ1) is 26.4. The van der Waals surface area contributed by atoms with Crippen LogP contribution in [0, 0.1) is 0 Å². The van der Waals surface area contributed by atoms with E-state index in [0.717, 1.165) is 19.6 Å². The Balaban J connectivity index is 1.69. The Morgan fingerprint density at radius 2 is 1.81 bits per heavy atom. The van der Waals surface area contributed by atoms with Crippen molar-refractivity contribution in [3.8, 4) is 11.5 Å². The van der Waals surface area contributed by atoms with Crippen LogP contribution >= 0.6 is 0 Å². The zero-order chi connectivity index (χ0) is 26.2. The molecule has 2 heterocycles. The number of carbonyl (C=O) groups excluding carboxylic acids is 2. The fourth-order valence-corrected chi connectivity index (χ4v) is 4.74. The predicted octanol–water partition coefficient (Wildman–Crippen LogP) is 3.79. The van der Waals surface area contributed by atoms with Gasteiger partial charge in [0.2, 0.25) is 0 Å². The van der Waals surface area contributed by atoms with Crippen LogP contribution in [-0.2, 0) is 14.3 Å². The first-order valence-corrected chi connectivity index (χ1v) is 12.7. The summed E-state index contributed by atoms with van der Waals surface area (Å²) >= 11 is 0. The first-order valence-electron chi connectivity index (χ1n) is 12.7. The molecule has 0 aliphatic carbocycles. The van der Waals surface area contributed by atoms with Crippen LogP contribution in [-0.4, -0.2) is 79.2 Å². The highest BCUT2D eigenvalue weighted by molar-refractivity contribution is 6.46. The van der Waals surface area contributed by atoms with Crippen LogP contribution in [0.1, 0.15) is 30.5 Å². The van der Waals surface area contributed by atoms with E-state index in [0.29, 0.717) is 62.0 Å². The van der Waals surface area contributed by atoms with Gasteiger partial charge in [-0.2, -0.15) is 0 Å². The molecular weight excluding hydrogens is 472 g/mol. The Kier molecular flexibility index (Phi) is 8.98. The quantitative estimate of drug-likeness (QED) is 0.215. The topological polar surface area (TPSA) is 88.5 Å². The van der Waals surface area contributed by atoms with Gasteiger partial charge in [-0.25, -0.2) is 0 Å². The zero-order valence-electron chi connectivity index (χ0n) is 21.2. The lowest BCUT2D eigenvalue weighted by Gasteiger charge is -2.29. The third kappa shape index (κ3) is 6.03. The maximum Gasteiger partial charge on any atom is 0.295 e. The number of aliphatic hydroxyl groups is 1.